The summed E-state index contributed by atoms with van der Waals surface area (Å²) < 4.78 is 41.6. The first-order valence-corrected chi connectivity index (χ1v) is 39.2. The Morgan fingerprint density at radius 2 is 1.42 bits per heavy atom. The zero-order valence-electron chi connectivity index (χ0n) is 65.0. The average molecular weight is 1540 g/mol. The molecule has 7 N–H and O–H groups in total. The van der Waals surface area contributed by atoms with Crippen molar-refractivity contribution in [1.29, 1.82) is 0 Å². The van der Waals surface area contributed by atoms with Crippen molar-refractivity contribution in [3.63, 3.8) is 0 Å². The van der Waals surface area contributed by atoms with Gasteiger partial charge in [-0.25, -0.2) is 4.39 Å². The van der Waals surface area contributed by atoms with Crippen molar-refractivity contribution < 1.29 is 85.7 Å². The van der Waals surface area contributed by atoms with Crippen molar-refractivity contribution in [2.45, 2.75) is 197 Å². The summed E-state index contributed by atoms with van der Waals surface area (Å²) in [5.41, 5.74) is 3.32. The van der Waals surface area contributed by atoms with E-state index in [1.165, 1.54) is 36.0 Å². The molecule has 12 bridgehead atoms. The minimum atomic E-state index is -1.81. The minimum Gasteiger partial charge on any atom is -0.497 e. The molecule has 4 aromatic carbocycles. The molecule has 2 fully saturated rings. The summed E-state index contributed by atoms with van der Waals surface area (Å²) in [6, 6.07) is 18.1. The zero-order chi connectivity index (χ0) is 79.4. The zero-order valence-corrected chi connectivity index (χ0v) is 65.0. The molecule has 7 heterocycles. The van der Waals surface area contributed by atoms with Gasteiger partial charge in [-0.1, -0.05) is 73.5 Å². The van der Waals surface area contributed by atoms with Gasteiger partial charge in [0.05, 0.1) is 78.5 Å². The monoisotopic (exact) mass is 1540 g/mol. The van der Waals surface area contributed by atoms with Crippen LogP contribution in [0.2, 0.25) is 0 Å². The molecule has 2 saturated heterocycles. The number of carbonyl (C=O) groups is 11. The third-order valence-electron chi connectivity index (χ3n) is 21.8. The van der Waals surface area contributed by atoms with Crippen LogP contribution >= 0.6 is 0 Å². The van der Waals surface area contributed by atoms with E-state index < -0.39 is 132 Å². The smallest absolute Gasteiger partial charge is 0.246 e. The van der Waals surface area contributed by atoms with Gasteiger partial charge in [0, 0.05) is 107 Å². The lowest BCUT2D eigenvalue weighted by atomic mass is 9.88. The number of Topliss-reactive ketones (excluding diaryl/α,β-unsaturated/α-hetero) is 2. The van der Waals surface area contributed by atoms with Crippen LogP contribution in [-0.4, -0.2) is 236 Å². The maximum absolute atomic E-state index is 16.3. The van der Waals surface area contributed by atoms with Crippen molar-refractivity contribution in [2.75, 3.05) is 94.0 Å². The van der Waals surface area contributed by atoms with Crippen LogP contribution in [0, 0.1) is 11.7 Å². The molecule has 0 radical (unpaired) electrons. The maximum atomic E-state index is 16.3. The number of nitrogens with zero attached hydrogens (tertiary/aromatic N) is 5. The van der Waals surface area contributed by atoms with E-state index in [0.717, 1.165) is 24.1 Å². The third-order valence-corrected chi connectivity index (χ3v) is 21.8. The molecule has 0 unspecified atom stereocenters. The summed E-state index contributed by atoms with van der Waals surface area (Å²) in [5, 5.41) is 28.9. The number of amides is 9. The number of quaternary nitrogens is 1. The summed E-state index contributed by atoms with van der Waals surface area (Å²) in [5.74, 6) is -8.48. The Labute approximate surface area is 648 Å². The molecule has 0 spiro atoms. The molecule has 0 saturated carbocycles. The lowest BCUT2D eigenvalue weighted by Crippen LogP contribution is -2.62. The van der Waals surface area contributed by atoms with Crippen molar-refractivity contribution in [3.05, 3.63) is 136 Å². The Morgan fingerprint density at radius 1 is 0.694 bits per heavy atom. The number of likely N-dealkylation sites (N-methyl/N-ethyl adjacent to an activating group) is 1. The second-order valence-corrected chi connectivity index (χ2v) is 31.4. The van der Waals surface area contributed by atoms with Gasteiger partial charge in [0.25, 0.3) is 0 Å². The number of aliphatic hydroxyl groups excluding tert-OH is 1. The van der Waals surface area contributed by atoms with Gasteiger partial charge in [0.15, 0.2) is 11.6 Å². The minimum absolute atomic E-state index is 0.00682. The molecule has 11 rings (SSSR count). The number of rotatable bonds is 15. The van der Waals surface area contributed by atoms with E-state index >= 15 is 33.2 Å². The second kappa shape index (κ2) is 39.6. The van der Waals surface area contributed by atoms with Crippen molar-refractivity contribution in [1.82, 2.24) is 51.2 Å². The standard InChI is InChI=1S/C83H110FN11O16/c1-54(96)76-79(104)89-66(44-56-25-28-63(108-6)29-26-56)82(107)94-36-14-33-83(94,2)71(98)18-12-15-55-21-23-57(24-22-55)51-92-35-10-8-7-9-34-91-52-61(64-48-62(84)27-30-68(64)91)46-60-47-69(97)65(45-58-16-11-17-59(43-58)49-85-74(101)53-111-70-31-37-93(81(60)106)77(70)80(105)90-76)88-78(103)67(87-73(100)19-13-20-75(92)102)50-86-72(99)32-39-109-41-42-110-40-38-95(3,4)5/h11,16-17,21-30,43,48,52,54,60,65-67,70,76-77,96H,7-10,12-15,18-20,31-42,44-47,49-51,53H2,1-6H3,(H5-,85,86,87,88,89,90,99,100,101,103,104,105)/p+1/t54-,60-,65+,66+,67-,70+,76+,77+,83+/m1/s1. The maximum Gasteiger partial charge on any atom is 0.246 e. The quantitative estimate of drug-likeness (QED) is 0.0555. The van der Waals surface area contributed by atoms with Crippen molar-refractivity contribution in [2.24, 2.45) is 5.92 Å². The number of halogens is 1. The van der Waals surface area contributed by atoms with E-state index in [-0.39, 0.29) is 109 Å². The SMILES string of the molecule is COc1ccc(C[C@@H]2NC(=O)[C@H]([C@@H](C)O)NC(=O)[C@@H]3[C@@H]4CCN3C(=O)[C@H]3CC(=O)[C@H](Cc5cccc(c5)CNC(=O)CO4)NC(=O)[C@@H](CNC(=O)CCOCCOCC[N+](C)(C)C)NC(=O)CCCC(=O)N(CCCCCCn4cc(c5cc(F)ccc54)C3)Cc3ccc(cc3)CCCC(=O)[C@]3(C)CCCN3C2=O)cc1. The molecular formula is C83H111FN11O16+. The number of hydrogen-bond donors (Lipinski definition) is 7. The van der Waals surface area contributed by atoms with Crippen LogP contribution in [0.25, 0.3) is 10.9 Å². The van der Waals surface area contributed by atoms with Crippen molar-refractivity contribution in [3.8, 4) is 5.75 Å². The van der Waals surface area contributed by atoms with Crippen LogP contribution in [-0.2, 0) is 112 Å². The van der Waals surface area contributed by atoms with Crippen LogP contribution in [0.4, 0.5) is 4.39 Å². The number of ether oxygens (including phenoxy) is 4. The summed E-state index contributed by atoms with van der Waals surface area (Å²) in [6.07, 6.45) is 2.05. The Hall–Kier alpha value is -9.48. The predicted molar refractivity (Wildman–Crippen MR) is 410 cm³/mol. The van der Waals surface area contributed by atoms with E-state index in [0.29, 0.717) is 115 Å². The van der Waals surface area contributed by atoms with Gasteiger partial charge in [-0.2, -0.15) is 0 Å². The fourth-order valence-corrected chi connectivity index (χ4v) is 15.4. The van der Waals surface area contributed by atoms with Gasteiger partial charge in [-0.15, -0.1) is 0 Å². The van der Waals surface area contributed by atoms with Gasteiger partial charge >= 0.3 is 0 Å². The number of nitrogens with one attached hydrogen (secondary N) is 6. The summed E-state index contributed by atoms with van der Waals surface area (Å²) in [4.78, 5) is 169. The molecule has 9 amide bonds. The Morgan fingerprint density at radius 3 is 2.17 bits per heavy atom. The number of ketones is 2. The largest absolute Gasteiger partial charge is 0.497 e. The molecule has 5 aromatic rings. The Balaban J connectivity index is 1.05. The lowest BCUT2D eigenvalue weighted by Gasteiger charge is -2.37. The van der Waals surface area contributed by atoms with Gasteiger partial charge < -0.3 is 79.7 Å². The van der Waals surface area contributed by atoms with E-state index in [2.05, 4.69) is 53.0 Å². The number of benzene rings is 4. The fraction of sp³-hybridized carbons (Fsp3) is 0.554. The van der Waals surface area contributed by atoms with E-state index in [1.54, 1.807) is 66.4 Å². The highest BCUT2D eigenvalue weighted by atomic mass is 19.1. The number of aliphatic hydroxyl groups is 1. The average Bonchev–Trinajstić information content (AvgIpc) is 1.66. The molecule has 9 atom stereocenters. The van der Waals surface area contributed by atoms with Gasteiger partial charge in [0.1, 0.15) is 48.9 Å². The first-order valence-electron chi connectivity index (χ1n) is 39.2. The highest BCUT2D eigenvalue weighted by Gasteiger charge is 2.49. The normalized spacial score (nSPS) is 24.3. The first-order chi connectivity index (χ1) is 53.2. The van der Waals surface area contributed by atoms with Crippen LogP contribution in [0.5, 0.6) is 5.75 Å². The van der Waals surface area contributed by atoms with E-state index in [4.69, 9.17) is 18.9 Å². The summed E-state index contributed by atoms with van der Waals surface area (Å²) in [7, 11) is 7.66. The molecule has 6 aliphatic rings. The predicted octanol–water partition coefficient (Wildman–Crippen LogP) is 4.63. The van der Waals surface area contributed by atoms with E-state index in [1.807, 2.05) is 35.0 Å². The fourth-order valence-electron chi connectivity index (χ4n) is 15.4. The molecule has 600 valence electrons. The van der Waals surface area contributed by atoms with Gasteiger partial charge in [-0.05, 0) is 142 Å². The van der Waals surface area contributed by atoms with Crippen LogP contribution in [0.3, 0.4) is 0 Å². The molecular weight excluding hydrogens is 1430 g/mol. The first kappa shape index (κ1) is 84.0. The lowest BCUT2D eigenvalue weighted by molar-refractivity contribution is -0.870. The van der Waals surface area contributed by atoms with Crippen LogP contribution in [0.15, 0.2) is 97.2 Å². The third kappa shape index (κ3) is 23.6. The number of aromatic nitrogens is 1. The van der Waals surface area contributed by atoms with Crippen LogP contribution in [0.1, 0.15) is 137 Å². The van der Waals surface area contributed by atoms with Gasteiger partial charge in [0.2, 0.25) is 53.2 Å². The number of fused-ring (bicyclic) bond motifs is 16. The Bertz CT molecular complexity index is 4110. The molecule has 1 aromatic heterocycles. The molecule has 111 heavy (non-hydrogen) atoms. The summed E-state index contributed by atoms with van der Waals surface area (Å²) in [6.45, 7) is 4.80. The van der Waals surface area contributed by atoms with Gasteiger partial charge in [-0.3, -0.25) is 52.7 Å². The Kier molecular flexibility index (Phi) is 30.0. The van der Waals surface area contributed by atoms with Crippen LogP contribution < -0.4 is 36.6 Å². The molecule has 28 heteroatoms. The van der Waals surface area contributed by atoms with E-state index in [9.17, 15) is 29.1 Å². The van der Waals surface area contributed by atoms with Crippen molar-refractivity contribution >= 4 is 75.6 Å². The highest BCUT2D eigenvalue weighted by molar-refractivity contribution is 6.00. The molecule has 27 nitrogen and oxygen atoms in total. The second-order valence-electron chi connectivity index (χ2n) is 31.4. The summed E-state index contributed by atoms with van der Waals surface area (Å²) >= 11 is 0. The molecule has 0 aliphatic carbocycles. The number of carbonyl (C=O) groups excluding carboxylic acids is 11. The topological polar surface area (TPSA) is 332 Å². The number of methoxy groups -OCH3 is 1. The highest BCUT2D eigenvalue weighted by Crippen LogP contribution is 2.35. The number of hydrogen-bond acceptors (Lipinski definition) is 16. The number of aryl methyl sites for hydroxylation is 2. The molecule has 6 aliphatic heterocycles.